The molecule has 0 unspecified atom stereocenters. The lowest BCUT2D eigenvalue weighted by atomic mass is 9.38. The Bertz CT molecular complexity index is 929. The van der Waals surface area contributed by atoms with Gasteiger partial charge in [-0.2, -0.15) is 0 Å². The Morgan fingerprint density at radius 1 is 1.06 bits per heavy atom. The molecule has 1 N–H and O–H groups in total. The number of hydrogen-bond acceptors (Lipinski definition) is 5. The highest BCUT2D eigenvalue weighted by Gasteiger charge is 2.67. The maximum atomic E-state index is 12.9. The summed E-state index contributed by atoms with van der Waals surface area (Å²) in [6.07, 6.45) is 2.61. The van der Waals surface area contributed by atoms with Gasteiger partial charge in [0, 0.05) is 5.41 Å². The van der Waals surface area contributed by atoms with Gasteiger partial charge in [-0.25, -0.2) is 4.79 Å². The van der Waals surface area contributed by atoms with Crippen molar-refractivity contribution in [2.75, 3.05) is 7.11 Å². The second-order valence-electron chi connectivity index (χ2n) is 11.6. The molecule has 3 fully saturated rings. The molecule has 0 spiro atoms. The molecule has 0 amide bonds. The number of methoxy groups -OCH3 is 1. The SMILES string of the molecule is C=C1CC[C@H]2[C@@](C)(CC[C@H]3C(C)(C)C[C@H](OC(=O)c4ccccc4)[C@H](O)[C@@]32C)[C@@H]1C(=O)OC. The van der Waals surface area contributed by atoms with E-state index in [1.807, 2.05) is 18.2 Å². The van der Waals surface area contributed by atoms with Crippen LogP contribution in [0.15, 0.2) is 42.5 Å². The van der Waals surface area contributed by atoms with E-state index in [0.717, 1.165) is 31.3 Å². The number of aliphatic hydroxyl groups is 1. The highest BCUT2D eigenvalue weighted by atomic mass is 16.6. The van der Waals surface area contributed by atoms with Crippen LogP contribution in [-0.2, 0) is 14.3 Å². The first-order valence-electron chi connectivity index (χ1n) is 12.2. The summed E-state index contributed by atoms with van der Waals surface area (Å²) in [4.78, 5) is 25.8. The molecule has 5 heteroatoms. The lowest BCUT2D eigenvalue weighted by molar-refractivity contribution is -0.237. The quantitative estimate of drug-likeness (QED) is 0.503. The van der Waals surface area contributed by atoms with Crippen molar-refractivity contribution in [3.8, 4) is 0 Å². The van der Waals surface area contributed by atoms with Crippen LogP contribution in [0.3, 0.4) is 0 Å². The summed E-state index contributed by atoms with van der Waals surface area (Å²) in [7, 11) is 1.44. The summed E-state index contributed by atoms with van der Waals surface area (Å²) < 4.78 is 11.2. The predicted octanol–water partition coefficient (Wildman–Crippen LogP) is 5.18. The van der Waals surface area contributed by atoms with Crippen molar-refractivity contribution in [1.82, 2.24) is 0 Å². The molecule has 0 bridgehead atoms. The average Bonchev–Trinajstić information content (AvgIpc) is 2.76. The molecule has 0 aromatic heterocycles. The van der Waals surface area contributed by atoms with Crippen LogP contribution in [-0.4, -0.2) is 36.4 Å². The summed E-state index contributed by atoms with van der Waals surface area (Å²) in [5.74, 6) is -0.659. The number of benzene rings is 1. The van der Waals surface area contributed by atoms with Crippen LogP contribution in [0.2, 0.25) is 0 Å². The normalized spacial score (nSPS) is 39.7. The van der Waals surface area contributed by atoms with Crippen LogP contribution in [0.25, 0.3) is 0 Å². The Morgan fingerprint density at radius 3 is 2.36 bits per heavy atom. The summed E-state index contributed by atoms with van der Waals surface area (Å²) in [6, 6.07) is 8.95. The second kappa shape index (κ2) is 8.26. The smallest absolute Gasteiger partial charge is 0.338 e. The molecule has 0 heterocycles. The van der Waals surface area contributed by atoms with Crippen molar-refractivity contribution in [2.45, 2.75) is 72.0 Å². The maximum absolute atomic E-state index is 12.9. The molecule has 7 atom stereocenters. The minimum Gasteiger partial charge on any atom is -0.469 e. The lowest BCUT2D eigenvalue weighted by Gasteiger charge is -2.67. The van der Waals surface area contributed by atoms with E-state index in [0.29, 0.717) is 12.0 Å². The molecule has 0 radical (unpaired) electrons. The molecule has 1 aromatic rings. The van der Waals surface area contributed by atoms with Gasteiger partial charge in [0.1, 0.15) is 6.10 Å². The third kappa shape index (κ3) is 3.63. The van der Waals surface area contributed by atoms with E-state index >= 15 is 0 Å². The van der Waals surface area contributed by atoms with Crippen molar-refractivity contribution in [3.05, 3.63) is 48.0 Å². The fourth-order valence-corrected chi connectivity index (χ4v) is 8.08. The molecule has 0 saturated heterocycles. The molecule has 33 heavy (non-hydrogen) atoms. The highest BCUT2D eigenvalue weighted by molar-refractivity contribution is 5.89. The molecule has 0 aliphatic heterocycles. The predicted molar refractivity (Wildman–Crippen MR) is 126 cm³/mol. The van der Waals surface area contributed by atoms with Gasteiger partial charge >= 0.3 is 11.9 Å². The van der Waals surface area contributed by atoms with E-state index in [1.165, 1.54) is 7.11 Å². The fraction of sp³-hybridized carbons (Fsp3) is 0.643. The number of carbonyl (C=O) groups excluding carboxylic acids is 2. The highest BCUT2D eigenvalue weighted by Crippen LogP contribution is 2.69. The first kappa shape index (κ1) is 24.0. The average molecular weight is 455 g/mol. The first-order chi connectivity index (χ1) is 15.5. The fourth-order valence-electron chi connectivity index (χ4n) is 8.08. The van der Waals surface area contributed by atoms with E-state index in [2.05, 4.69) is 34.3 Å². The van der Waals surface area contributed by atoms with Gasteiger partial charge in [-0.15, -0.1) is 0 Å². The first-order valence-corrected chi connectivity index (χ1v) is 12.2. The number of fused-ring (bicyclic) bond motifs is 3. The van der Waals surface area contributed by atoms with Crippen LogP contribution in [0, 0.1) is 34.0 Å². The van der Waals surface area contributed by atoms with Crippen LogP contribution >= 0.6 is 0 Å². The van der Waals surface area contributed by atoms with Gasteiger partial charge in [0.25, 0.3) is 0 Å². The van der Waals surface area contributed by atoms with Crippen molar-refractivity contribution in [1.29, 1.82) is 0 Å². The lowest BCUT2D eigenvalue weighted by Crippen LogP contribution is -2.67. The van der Waals surface area contributed by atoms with Crippen molar-refractivity contribution in [2.24, 2.45) is 34.0 Å². The molecule has 4 rings (SSSR count). The van der Waals surface area contributed by atoms with Crippen LogP contribution in [0.1, 0.15) is 70.2 Å². The Kier molecular flexibility index (Phi) is 6.01. The number of rotatable bonds is 3. The van der Waals surface area contributed by atoms with E-state index in [4.69, 9.17) is 9.47 Å². The number of carbonyl (C=O) groups is 2. The van der Waals surface area contributed by atoms with Crippen molar-refractivity contribution >= 4 is 11.9 Å². The summed E-state index contributed by atoms with van der Waals surface area (Å²) >= 11 is 0. The molecule has 5 nitrogen and oxygen atoms in total. The van der Waals surface area contributed by atoms with Gasteiger partial charge in [0.15, 0.2) is 0 Å². The standard InChI is InChI=1S/C28H38O5/c1-17-12-13-21-27(4,22(17)25(31)32-6)15-14-20-26(2,3)16-19(23(29)28(20,21)5)33-24(30)18-10-8-7-9-11-18/h7-11,19-23,29H,1,12-16H2,2-6H3/t19-,20-,21-,22-,23-,27+,28-/m0/s1. The monoisotopic (exact) mass is 454 g/mol. The summed E-state index contributed by atoms with van der Waals surface area (Å²) in [5.41, 5.74) is 0.452. The van der Waals surface area contributed by atoms with E-state index < -0.39 is 23.6 Å². The molecule has 3 aliphatic carbocycles. The van der Waals surface area contributed by atoms with Crippen molar-refractivity contribution in [3.63, 3.8) is 0 Å². The number of hydrogen-bond donors (Lipinski definition) is 1. The Hall–Kier alpha value is -2.14. The number of aliphatic hydroxyl groups excluding tert-OH is 1. The Labute approximate surface area is 197 Å². The summed E-state index contributed by atoms with van der Waals surface area (Å²) in [5, 5.41) is 11.8. The van der Waals surface area contributed by atoms with Gasteiger partial charge in [0.2, 0.25) is 0 Å². The zero-order chi connectivity index (χ0) is 24.2. The van der Waals surface area contributed by atoms with E-state index in [1.54, 1.807) is 12.1 Å². The van der Waals surface area contributed by atoms with Gasteiger partial charge in [-0.3, -0.25) is 4.79 Å². The number of ether oxygens (including phenoxy) is 2. The molecule has 180 valence electrons. The summed E-state index contributed by atoms with van der Waals surface area (Å²) in [6.45, 7) is 13.0. The second-order valence-corrected chi connectivity index (χ2v) is 11.6. The van der Waals surface area contributed by atoms with Gasteiger partial charge in [0.05, 0.1) is 24.7 Å². The van der Waals surface area contributed by atoms with Crippen LogP contribution in [0.5, 0.6) is 0 Å². The van der Waals surface area contributed by atoms with E-state index in [9.17, 15) is 14.7 Å². The van der Waals surface area contributed by atoms with Gasteiger partial charge < -0.3 is 14.6 Å². The Morgan fingerprint density at radius 2 is 1.73 bits per heavy atom. The Balaban J connectivity index is 1.71. The third-order valence-corrected chi connectivity index (χ3v) is 9.46. The van der Waals surface area contributed by atoms with Gasteiger partial charge in [-0.1, -0.05) is 58.0 Å². The molecular formula is C28H38O5. The molecular weight excluding hydrogens is 416 g/mol. The molecule has 1 aromatic carbocycles. The number of esters is 2. The maximum Gasteiger partial charge on any atom is 0.338 e. The molecule has 3 aliphatic rings. The minimum absolute atomic E-state index is 0.0888. The molecule has 3 saturated carbocycles. The van der Waals surface area contributed by atoms with Gasteiger partial charge in [-0.05, 0) is 66.9 Å². The largest absolute Gasteiger partial charge is 0.469 e. The topological polar surface area (TPSA) is 72.8 Å². The zero-order valence-corrected chi connectivity index (χ0v) is 20.6. The van der Waals surface area contributed by atoms with Crippen molar-refractivity contribution < 1.29 is 24.2 Å². The van der Waals surface area contributed by atoms with Crippen LogP contribution < -0.4 is 0 Å². The minimum atomic E-state index is -0.808. The third-order valence-electron chi connectivity index (χ3n) is 9.46. The van der Waals surface area contributed by atoms with E-state index in [-0.39, 0.29) is 34.6 Å². The van der Waals surface area contributed by atoms with Crippen LogP contribution in [0.4, 0.5) is 0 Å². The zero-order valence-electron chi connectivity index (χ0n) is 20.6.